The van der Waals surface area contributed by atoms with Crippen molar-refractivity contribution in [1.29, 1.82) is 0 Å². The molecule has 0 unspecified atom stereocenters. The highest BCUT2D eigenvalue weighted by molar-refractivity contribution is 5.82. The van der Waals surface area contributed by atoms with Gasteiger partial charge in [0.15, 0.2) is 0 Å². The second-order valence-electron chi connectivity index (χ2n) is 5.05. The molecule has 1 rings (SSSR count). The summed E-state index contributed by atoms with van der Waals surface area (Å²) in [7, 11) is 0. The van der Waals surface area contributed by atoms with Gasteiger partial charge in [-0.1, -0.05) is 25.7 Å². The first-order chi connectivity index (χ1) is 9.25. The summed E-state index contributed by atoms with van der Waals surface area (Å²) in [5.74, 6) is -1.91. The van der Waals surface area contributed by atoms with Gasteiger partial charge in [0.1, 0.15) is 12.1 Å². The zero-order valence-corrected chi connectivity index (χ0v) is 11.1. The Morgan fingerprint density at radius 1 is 1.10 bits per heavy atom. The minimum absolute atomic E-state index is 0.384. The maximum atomic E-state index is 11.9. The van der Waals surface area contributed by atoms with Gasteiger partial charge in [-0.25, -0.2) is 0 Å². The van der Waals surface area contributed by atoms with E-state index in [1.54, 1.807) is 5.32 Å². The first-order valence-corrected chi connectivity index (χ1v) is 6.57. The predicted octanol–water partition coefficient (Wildman–Crippen LogP) is 1.43. The van der Waals surface area contributed by atoms with Gasteiger partial charge in [-0.3, -0.25) is 14.9 Å². The maximum absolute atomic E-state index is 11.9. The highest BCUT2D eigenvalue weighted by atomic mass is 19.4. The van der Waals surface area contributed by atoms with Crippen LogP contribution < -0.4 is 10.6 Å². The number of amides is 1. The zero-order valence-electron chi connectivity index (χ0n) is 11.1. The Morgan fingerprint density at radius 2 is 1.65 bits per heavy atom. The Balaban J connectivity index is 2.50. The van der Waals surface area contributed by atoms with Crippen LogP contribution in [0.25, 0.3) is 0 Å². The standard InChI is InChI=1S/C12H19F3N2O3/c13-12(14,15)8-16-9(18)7-17-11(10(19)20)5-3-1-2-4-6-11/h17H,1-8H2,(H,16,18)(H,19,20). The molecule has 0 aromatic carbocycles. The van der Waals surface area contributed by atoms with Crippen molar-refractivity contribution in [3.63, 3.8) is 0 Å². The molecule has 0 heterocycles. The average molecular weight is 296 g/mol. The van der Waals surface area contributed by atoms with Crippen molar-refractivity contribution in [3.05, 3.63) is 0 Å². The van der Waals surface area contributed by atoms with Crippen LogP contribution in [0, 0.1) is 0 Å². The number of carboxylic acids is 1. The summed E-state index contributed by atoms with van der Waals surface area (Å²) in [5.41, 5.74) is -1.20. The van der Waals surface area contributed by atoms with Crippen LogP contribution in [0.5, 0.6) is 0 Å². The average Bonchev–Trinajstić information content (AvgIpc) is 2.59. The first-order valence-electron chi connectivity index (χ1n) is 6.57. The molecule has 116 valence electrons. The third kappa shape index (κ3) is 5.36. The second-order valence-corrected chi connectivity index (χ2v) is 5.05. The number of hydrogen-bond donors (Lipinski definition) is 3. The highest BCUT2D eigenvalue weighted by Gasteiger charge is 2.38. The highest BCUT2D eigenvalue weighted by Crippen LogP contribution is 2.27. The molecule has 0 bridgehead atoms. The molecule has 0 aromatic heterocycles. The van der Waals surface area contributed by atoms with Crippen molar-refractivity contribution in [2.75, 3.05) is 13.1 Å². The molecular weight excluding hydrogens is 277 g/mol. The molecule has 0 spiro atoms. The summed E-state index contributed by atoms with van der Waals surface area (Å²) >= 11 is 0. The van der Waals surface area contributed by atoms with Crippen LogP contribution in [0.2, 0.25) is 0 Å². The fourth-order valence-corrected chi connectivity index (χ4v) is 2.31. The molecule has 0 radical (unpaired) electrons. The van der Waals surface area contributed by atoms with Gasteiger partial charge < -0.3 is 10.4 Å². The Kier molecular flexibility index (Phi) is 5.79. The van der Waals surface area contributed by atoms with Gasteiger partial charge in [0.2, 0.25) is 5.91 Å². The normalized spacial score (nSPS) is 19.1. The molecule has 0 aromatic rings. The van der Waals surface area contributed by atoms with Crippen LogP contribution in [0.3, 0.4) is 0 Å². The number of halogens is 3. The minimum Gasteiger partial charge on any atom is -0.480 e. The van der Waals surface area contributed by atoms with Crippen LogP contribution in [0.4, 0.5) is 13.2 Å². The lowest BCUT2D eigenvalue weighted by atomic mass is 9.90. The lowest BCUT2D eigenvalue weighted by Gasteiger charge is -2.29. The van der Waals surface area contributed by atoms with Gasteiger partial charge in [-0.05, 0) is 12.8 Å². The zero-order chi connectivity index (χ0) is 15.2. The van der Waals surface area contributed by atoms with Gasteiger partial charge >= 0.3 is 12.1 Å². The smallest absolute Gasteiger partial charge is 0.405 e. The van der Waals surface area contributed by atoms with Gasteiger partial charge in [0.25, 0.3) is 0 Å². The van der Waals surface area contributed by atoms with Crippen LogP contribution in [0.1, 0.15) is 38.5 Å². The van der Waals surface area contributed by atoms with Gasteiger partial charge in [0, 0.05) is 0 Å². The van der Waals surface area contributed by atoms with Crippen molar-refractivity contribution in [2.24, 2.45) is 0 Å². The number of hydrogen-bond acceptors (Lipinski definition) is 3. The van der Waals surface area contributed by atoms with Crippen molar-refractivity contribution >= 4 is 11.9 Å². The van der Waals surface area contributed by atoms with Crippen molar-refractivity contribution in [2.45, 2.75) is 50.2 Å². The fraction of sp³-hybridized carbons (Fsp3) is 0.833. The lowest BCUT2D eigenvalue weighted by molar-refractivity contribution is -0.146. The summed E-state index contributed by atoms with van der Waals surface area (Å²) < 4.78 is 35.8. The lowest BCUT2D eigenvalue weighted by Crippen LogP contribution is -2.55. The van der Waals surface area contributed by atoms with E-state index in [1.165, 1.54) is 0 Å². The van der Waals surface area contributed by atoms with E-state index in [0.29, 0.717) is 12.8 Å². The van der Waals surface area contributed by atoms with E-state index in [1.807, 2.05) is 0 Å². The molecule has 0 saturated heterocycles. The molecule has 1 amide bonds. The largest absolute Gasteiger partial charge is 0.480 e. The molecular formula is C12H19F3N2O3. The Morgan fingerprint density at radius 3 is 2.10 bits per heavy atom. The van der Waals surface area contributed by atoms with E-state index in [4.69, 9.17) is 0 Å². The molecule has 1 saturated carbocycles. The number of carbonyl (C=O) groups is 2. The molecule has 0 atom stereocenters. The Bertz CT molecular complexity index is 350. The Hall–Kier alpha value is -1.31. The monoisotopic (exact) mass is 296 g/mol. The van der Waals surface area contributed by atoms with E-state index < -0.39 is 36.7 Å². The topological polar surface area (TPSA) is 78.4 Å². The Labute approximate surface area is 114 Å². The van der Waals surface area contributed by atoms with Crippen LogP contribution in [-0.2, 0) is 9.59 Å². The molecule has 5 nitrogen and oxygen atoms in total. The van der Waals surface area contributed by atoms with E-state index >= 15 is 0 Å². The third-order valence-electron chi connectivity index (χ3n) is 3.44. The molecule has 8 heteroatoms. The van der Waals surface area contributed by atoms with Crippen molar-refractivity contribution in [3.8, 4) is 0 Å². The summed E-state index contributed by atoms with van der Waals surface area (Å²) in [5, 5.41) is 13.7. The van der Waals surface area contributed by atoms with E-state index in [0.717, 1.165) is 25.7 Å². The second kappa shape index (κ2) is 6.92. The number of carbonyl (C=O) groups excluding carboxylic acids is 1. The van der Waals surface area contributed by atoms with Crippen LogP contribution in [0.15, 0.2) is 0 Å². The van der Waals surface area contributed by atoms with E-state index in [2.05, 4.69) is 5.32 Å². The summed E-state index contributed by atoms with van der Waals surface area (Å²) in [6.07, 6.45) is -0.396. The van der Waals surface area contributed by atoms with Gasteiger partial charge in [-0.2, -0.15) is 13.2 Å². The van der Waals surface area contributed by atoms with Gasteiger partial charge in [-0.15, -0.1) is 0 Å². The first kappa shape index (κ1) is 16.7. The van der Waals surface area contributed by atoms with Crippen molar-refractivity contribution < 1.29 is 27.9 Å². The SMILES string of the molecule is O=C(CNC1(C(=O)O)CCCCCC1)NCC(F)(F)F. The number of alkyl halides is 3. The third-order valence-corrected chi connectivity index (χ3v) is 3.44. The molecule has 3 N–H and O–H groups in total. The van der Waals surface area contributed by atoms with Crippen LogP contribution in [-0.4, -0.2) is 41.8 Å². The number of carboxylic acid groups (broad SMARTS) is 1. The van der Waals surface area contributed by atoms with Crippen LogP contribution >= 0.6 is 0 Å². The van der Waals surface area contributed by atoms with E-state index in [-0.39, 0.29) is 0 Å². The summed E-state index contributed by atoms with van der Waals surface area (Å²) in [6.45, 7) is -1.84. The molecule has 1 aliphatic rings. The fourth-order valence-electron chi connectivity index (χ4n) is 2.31. The molecule has 20 heavy (non-hydrogen) atoms. The quantitative estimate of drug-likeness (QED) is 0.671. The number of aliphatic carboxylic acids is 1. The van der Waals surface area contributed by atoms with Crippen molar-refractivity contribution in [1.82, 2.24) is 10.6 Å². The van der Waals surface area contributed by atoms with E-state index in [9.17, 15) is 27.9 Å². The minimum atomic E-state index is -4.47. The number of rotatable bonds is 5. The van der Waals surface area contributed by atoms with Gasteiger partial charge in [0.05, 0.1) is 6.54 Å². The maximum Gasteiger partial charge on any atom is 0.405 e. The number of nitrogens with one attached hydrogen (secondary N) is 2. The predicted molar refractivity (Wildman–Crippen MR) is 65.1 cm³/mol. The summed E-state index contributed by atoms with van der Waals surface area (Å²) in [4.78, 5) is 22.7. The molecule has 1 fully saturated rings. The summed E-state index contributed by atoms with van der Waals surface area (Å²) in [6, 6.07) is 0. The molecule has 1 aliphatic carbocycles. The molecule has 0 aliphatic heterocycles.